The second-order valence-electron chi connectivity index (χ2n) is 6.08. The monoisotopic (exact) mass is 366 g/mol. The molecule has 0 atom stereocenters. The van der Waals surface area contributed by atoms with Crippen LogP contribution in [-0.4, -0.2) is 53.4 Å². The molecule has 1 N–H and O–H groups in total. The molecular weight excluding hydrogens is 348 g/mol. The average Bonchev–Trinajstić information content (AvgIpc) is 3.34. The van der Waals surface area contributed by atoms with Crippen molar-refractivity contribution in [2.75, 3.05) is 19.6 Å². The summed E-state index contributed by atoms with van der Waals surface area (Å²) in [6.45, 7) is 2.10. The van der Waals surface area contributed by atoms with E-state index in [4.69, 9.17) is 0 Å². The Labute approximate surface area is 144 Å². The van der Waals surface area contributed by atoms with Gasteiger partial charge in [0.2, 0.25) is 10.0 Å². The fraction of sp³-hybridized carbons (Fsp3) is 0.467. The lowest BCUT2D eigenvalue weighted by molar-refractivity contribution is 0.0735. The number of nitrogens with zero attached hydrogens (tertiary/aromatic N) is 3. The molecule has 7 nitrogen and oxygen atoms in total. The lowest BCUT2D eigenvalue weighted by atomic mass is 10.1. The second kappa shape index (κ2) is 5.98. The van der Waals surface area contributed by atoms with Crippen LogP contribution >= 0.6 is 11.3 Å². The summed E-state index contributed by atoms with van der Waals surface area (Å²) < 4.78 is 27.1. The molecule has 2 aliphatic heterocycles. The van der Waals surface area contributed by atoms with Gasteiger partial charge in [-0.2, -0.15) is 9.40 Å². The van der Waals surface area contributed by atoms with Crippen LogP contribution in [-0.2, 0) is 23.0 Å². The first-order valence-electron chi connectivity index (χ1n) is 7.95. The summed E-state index contributed by atoms with van der Waals surface area (Å²) in [5.74, 6) is -0.213. The summed E-state index contributed by atoms with van der Waals surface area (Å²) in [6.07, 6.45) is 4.19. The van der Waals surface area contributed by atoms with E-state index in [0.717, 1.165) is 24.1 Å². The number of thiophene rings is 1. The molecule has 1 fully saturated rings. The minimum Gasteiger partial charge on any atom is -0.333 e. The lowest BCUT2D eigenvalue weighted by Gasteiger charge is -2.26. The van der Waals surface area contributed by atoms with E-state index in [1.54, 1.807) is 22.5 Å². The van der Waals surface area contributed by atoms with Crippen molar-refractivity contribution in [3.8, 4) is 0 Å². The Balaban J connectivity index is 1.62. The number of rotatable bonds is 3. The number of H-pyrrole nitrogens is 1. The van der Waals surface area contributed by atoms with Crippen molar-refractivity contribution in [3.05, 3.63) is 33.8 Å². The van der Waals surface area contributed by atoms with Gasteiger partial charge in [0, 0.05) is 43.9 Å². The Hall–Kier alpha value is -1.71. The zero-order valence-corrected chi connectivity index (χ0v) is 14.7. The van der Waals surface area contributed by atoms with Crippen LogP contribution in [0.3, 0.4) is 0 Å². The molecule has 0 radical (unpaired) electrons. The molecule has 4 rings (SSSR count). The molecule has 1 amide bonds. The van der Waals surface area contributed by atoms with E-state index in [0.29, 0.717) is 37.5 Å². The third-order valence-electron chi connectivity index (χ3n) is 4.59. The molecule has 2 aromatic heterocycles. The fourth-order valence-electron chi connectivity index (χ4n) is 3.26. The predicted octanol–water partition coefficient (Wildman–Crippen LogP) is 1.45. The second-order valence-corrected chi connectivity index (χ2v) is 8.90. The van der Waals surface area contributed by atoms with Gasteiger partial charge in [0.15, 0.2) is 0 Å². The molecule has 0 unspecified atom stereocenters. The summed E-state index contributed by atoms with van der Waals surface area (Å²) in [7, 11) is -3.58. The van der Waals surface area contributed by atoms with Crippen molar-refractivity contribution >= 4 is 27.3 Å². The molecule has 0 aromatic carbocycles. The summed E-state index contributed by atoms with van der Waals surface area (Å²) in [4.78, 5) is 15.1. The standard InChI is InChI=1S/C15H18N4O3S2/c20-15(18-7-3-12-11(10-18)9-16-17-12)14-13(4-8-23-14)24(21,22)19-5-1-2-6-19/h4,8-9H,1-3,5-7,10H2,(H,16,17). The highest BCUT2D eigenvalue weighted by atomic mass is 32.2. The molecule has 128 valence electrons. The summed E-state index contributed by atoms with van der Waals surface area (Å²) >= 11 is 1.20. The first-order valence-corrected chi connectivity index (χ1v) is 10.3. The quantitative estimate of drug-likeness (QED) is 0.891. The van der Waals surface area contributed by atoms with Crippen LogP contribution in [0, 0.1) is 0 Å². The van der Waals surface area contributed by atoms with Gasteiger partial charge >= 0.3 is 0 Å². The van der Waals surface area contributed by atoms with Gasteiger partial charge in [-0.05, 0) is 24.3 Å². The van der Waals surface area contributed by atoms with Crippen LogP contribution in [0.4, 0.5) is 0 Å². The Morgan fingerprint density at radius 3 is 2.83 bits per heavy atom. The minimum atomic E-state index is -3.58. The molecular formula is C15H18N4O3S2. The molecule has 0 bridgehead atoms. The molecule has 4 heterocycles. The SMILES string of the molecule is O=C(c1sccc1S(=O)(=O)N1CCCC1)N1CCc2[nH]ncc2C1. The minimum absolute atomic E-state index is 0.150. The van der Waals surface area contributed by atoms with Gasteiger partial charge in [-0.3, -0.25) is 9.89 Å². The molecule has 0 saturated carbocycles. The Bertz CT molecular complexity index is 865. The van der Waals surface area contributed by atoms with Crippen LogP contribution in [0.5, 0.6) is 0 Å². The number of nitrogens with one attached hydrogen (secondary N) is 1. The van der Waals surface area contributed by atoms with Crippen molar-refractivity contribution in [1.82, 2.24) is 19.4 Å². The first kappa shape index (κ1) is 15.8. The maximum Gasteiger partial charge on any atom is 0.265 e. The number of carbonyl (C=O) groups excluding carboxylic acids is 1. The maximum atomic E-state index is 12.9. The van der Waals surface area contributed by atoms with E-state index < -0.39 is 10.0 Å². The molecule has 24 heavy (non-hydrogen) atoms. The van der Waals surface area contributed by atoms with E-state index in [9.17, 15) is 13.2 Å². The van der Waals surface area contributed by atoms with Crippen molar-refractivity contribution in [2.24, 2.45) is 0 Å². The van der Waals surface area contributed by atoms with Crippen LogP contribution in [0.25, 0.3) is 0 Å². The van der Waals surface area contributed by atoms with Crippen molar-refractivity contribution in [2.45, 2.75) is 30.7 Å². The number of hydrogen-bond acceptors (Lipinski definition) is 5. The van der Waals surface area contributed by atoms with E-state index in [2.05, 4.69) is 10.2 Å². The highest BCUT2D eigenvalue weighted by Gasteiger charge is 2.34. The van der Waals surface area contributed by atoms with Crippen molar-refractivity contribution < 1.29 is 13.2 Å². The number of carbonyl (C=O) groups is 1. The Kier molecular flexibility index (Phi) is 3.93. The summed E-state index contributed by atoms with van der Waals surface area (Å²) in [5, 5.41) is 8.63. The van der Waals surface area contributed by atoms with Gasteiger partial charge in [0.25, 0.3) is 5.91 Å². The van der Waals surface area contributed by atoms with Crippen LogP contribution in [0.2, 0.25) is 0 Å². The average molecular weight is 366 g/mol. The van der Waals surface area contributed by atoms with Gasteiger partial charge in [0.05, 0.1) is 6.20 Å². The topological polar surface area (TPSA) is 86.4 Å². The van der Waals surface area contributed by atoms with Crippen LogP contribution in [0.15, 0.2) is 22.5 Å². The highest BCUT2D eigenvalue weighted by molar-refractivity contribution is 7.89. The number of amides is 1. The van der Waals surface area contributed by atoms with Gasteiger partial charge in [-0.25, -0.2) is 8.42 Å². The normalized spacial score (nSPS) is 18.8. The van der Waals surface area contributed by atoms with Crippen LogP contribution in [0.1, 0.15) is 33.8 Å². The zero-order valence-electron chi connectivity index (χ0n) is 13.1. The number of sulfonamides is 1. The molecule has 1 saturated heterocycles. The number of aromatic amines is 1. The molecule has 0 spiro atoms. The molecule has 0 aliphatic carbocycles. The van der Waals surface area contributed by atoms with Crippen molar-refractivity contribution in [3.63, 3.8) is 0 Å². The molecule has 9 heteroatoms. The van der Waals surface area contributed by atoms with E-state index in [-0.39, 0.29) is 10.8 Å². The zero-order chi connectivity index (χ0) is 16.7. The van der Waals surface area contributed by atoms with Crippen LogP contribution < -0.4 is 0 Å². The summed E-state index contributed by atoms with van der Waals surface area (Å²) in [5.41, 5.74) is 2.05. The third-order valence-corrected chi connectivity index (χ3v) is 7.57. The largest absolute Gasteiger partial charge is 0.333 e. The van der Waals surface area contributed by atoms with Crippen molar-refractivity contribution in [1.29, 1.82) is 0 Å². The Morgan fingerprint density at radius 2 is 2.04 bits per heavy atom. The number of hydrogen-bond donors (Lipinski definition) is 1. The third kappa shape index (κ3) is 2.56. The van der Waals surface area contributed by atoms with Gasteiger partial charge in [-0.15, -0.1) is 11.3 Å². The smallest absolute Gasteiger partial charge is 0.265 e. The summed E-state index contributed by atoms with van der Waals surface area (Å²) in [6, 6.07) is 1.55. The lowest BCUT2D eigenvalue weighted by Crippen LogP contribution is -2.36. The maximum absolute atomic E-state index is 12.9. The highest BCUT2D eigenvalue weighted by Crippen LogP contribution is 2.29. The predicted molar refractivity (Wildman–Crippen MR) is 89.3 cm³/mol. The number of fused-ring (bicyclic) bond motifs is 1. The van der Waals surface area contributed by atoms with Gasteiger partial charge < -0.3 is 4.90 Å². The van der Waals surface area contributed by atoms with Gasteiger partial charge in [-0.1, -0.05) is 0 Å². The van der Waals surface area contributed by atoms with E-state index in [1.165, 1.54) is 15.6 Å². The number of aromatic nitrogens is 2. The fourth-order valence-corrected chi connectivity index (χ4v) is 6.14. The van der Waals surface area contributed by atoms with E-state index in [1.807, 2.05) is 0 Å². The molecule has 2 aromatic rings. The van der Waals surface area contributed by atoms with E-state index >= 15 is 0 Å². The first-order chi connectivity index (χ1) is 11.6. The van der Waals surface area contributed by atoms with Gasteiger partial charge in [0.1, 0.15) is 9.77 Å². The molecule has 2 aliphatic rings. The Morgan fingerprint density at radius 1 is 1.25 bits per heavy atom.